The van der Waals surface area contributed by atoms with E-state index in [9.17, 15) is 8.78 Å². The average molecular weight is 338 g/mol. The van der Waals surface area contributed by atoms with Gasteiger partial charge in [-0.3, -0.25) is 0 Å². The second-order valence-electron chi connectivity index (χ2n) is 7.64. The molecule has 2 atom stereocenters. The first-order valence-corrected chi connectivity index (χ1v) is 9.23. The molecule has 1 heterocycles. The van der Waals surface area contributed by atoms with Crippen molar-refractivity contribution in [1.82, 2.24) is 0 Å². The van der Waals surface area contributed by atoms with Gasteiger partial charge in [0.05, 0.1) is 12.7 Å². The second-order valence-corrected chi connectivity index (χ2v) is 7.64. The van der Waals surface area contributed by atoms with Crippen molar-refractivity contribution in [3.05, 3.63) is 29.3 Å². The Bertz CT molecular complexity index is 522. The summed E-state index contributed by atoms with van der Waals surface area (Å²) in [4.78, 5) is 0. The van der Waals surface area contributed by atoms with Crippen LogP contribution in [0.4, 0.5) is 8.78 Å². The van der Waals surface area contributed by atoms with Crippen molar-refractivity contribution >= 4 is 0 Å². The molecule has 134 valence electrons. The Kier molecular flexibility index (Phi) is 5.75. The van der Waals surface area contributed by atoms with Crippen molar-refractivity contribution in [1.29, 1.82) is 0 Å². The fourth-order valence-electron chi connectivity index (χ4n) is 3.98. The minimum Gasteiger partial charge on any atom is -0.491 e. The third-order valence-electron chi connectivity index (χ3n) is 5.82. The van der Waals surface area contributed by atoms with Crippen LogP contribution < -0.4 is 4.74 Å². The third-order valence-corrected chi connectivity index (χ3v) is 5.82. The molecule has 0 spiro atoms. The number of halogens is 2. The maximum absolute atomic E-state index is 13.5. The summed E-state index contributed by atoms with van der Waals surface area (Å²) in [6.07, 6.45) is 7.51. The molecule has 1 saturated carbocycles. The fraction of sp³-hybridized carbons (Fsp3) is 0.700. The summed E-state index contributed by atoms with van der Waals surface area (Å²) in [5, 5.41) is 0. The van der Waals surface area contributed by atoms with Crippen LogP contribution in [0.5, 0.6) is 5.75 Å². The van der Waals surface area contributed by atoms with Gasteiger partial charge in [0.2, 0.25) is 0 Å². The minimum atomic E-state index is -0.568. The van der Waals surface area contributed by atoms with Gasteiger partial charge in [-0.05, 0) is 50.4 Å². The minimum absolute atomic E-state index is 0.0242. The molecule has 1 aromatic carbocycles. The van der Waals surface area contributed by atoms with Gasteiger partial charge in [0, 0.05) is 17.7 Å². The van der Waals surface area contributed by atoms with Crippen molar-refractivity contribution in [2.75, 3.05) is 13.2 Å². The molecule has 1 aliphatic carbocycles. The summed E-state index contributed by atoms with van der Waals surface area (Å²) in [5.41, 5.74) is 0.0286. The zero-order valence-corrected chi connectivity index (χ0v) is 14.7. The number of rotatable bonds is 4. The van der Waals surface area contributed by atoms with Crippen molar-refractivity contribution in [3.63, 3.8) is 0 Å². The quantitative estimate of drug-likeness (QED) is 0.744. The van der Waals surface area contributed by atoms with Gasteiger partial charge in [0.1, 0.15) is 24.0 Å². The molecule has 0 aromatic heterocycles. The fourth-order valence-corrected chi connectivity index (χ4v) is 3.98. The van der Waals surface area contributed by atoms with E-state index in [2.05, 4.69) is 6.92 Å². The Morgan fingerprint density at radius 2 is 1.62 bits per heavy atom. The van der Waals surface area contributed by atoms with Gasteiger partial charge in [-0.2, -0.15) is 0 Å². The predicted molar refractivity (Wildman–Crippen MR) is 90.2 cm³/mol. The molecule has 0 radical (unpaired) electrons. The Labute approximate surface area is 143 Å². The van der Waals surface area contributed by atoms with Gasteiger partial charge < -0.3 is 9.47 Å². The highest BCUT2D eigenvalue weighted by Gasteiger charge is 2.30. The van der Waals surface area contributed by atoms with Gasteiger partial charge in [-0.1, -0.05) is 19.8 Å². The van der Waals surface area contributed by atoms with Crippen LogP contribution in [-0.2, 0) is 4.74 Å². The topological polar surface area (TPSA) is 18.5 Å². The summed E-state index contributed by atoms with van der Waals surface area (Å²) in [6.45, 7) is 4.92. The van der Waals surface area contributed by atoms with E-state index in [1.807, 2.05) is 0 Å². The van der Waals surface area contributed by atoms with E-state index in [-0.39, 0.29) is 17.4 Å². The van der Waals surface area contributed by atoms with Crippen LogP contribution in [0.3, 0.4) is 0 Å². The highest BCUT2D eigenvalue weighted by molar-refractivity contribution is 5.29. The van der Waals surface area contributed by atoms with Crippen LogP contribution in [0, 0.1) is 36.3 Å². The molecule has 1 aliphatic heterocycles. The molecule has 4 heteroatoms. The summed E-state index contributed by atoms with van der Waals surface area (Å²) < 4.78 is 38.6. The molecule has 2 aliphatic rings. The van der Waals surface area contributed by atoms with Gasteiger partial charge >= 0.3 is 0 Å². The molecule has 2 unspecified atom stereocenters. The first-order chi connectivity index (χ1) is 11.5. The Balaban J connectivity index is 1.44. The molecule has 0 bridgehead atoms. The number of hydrogen-bond acceptors (Lipinski definition) is 2. The molecule has 2 fully saturated rings. The maximum atomic E-state index is 13.5. The van der Waals surface area contributed by atoms with Crippen LogP contribution >= 0.6 is 0 Å². The Hall–Kier alpha value is -1.16. The number of benzene rings is 1. The molecule has 3 rings (SSSR count). The van der Waals surface area contributed by atoms with Crippen LogP contribution in [0.1, 0.15) is 51.0 Å². The average Bonchev–Trinajstić information content (AvgIpc) is 2.59. The molecule has 0 N–H and O–H groups in total. The SMILES string of the molecule is Cc1c(F)cc(OCC2CCC(C3CCC(C)CC3)CO2)cc1F. The van der Waals surface area contributed by atoms with E-state index in [4.69, 9.17) is 9.47 Å². The molecule has 1 aromatic rings. The van der Waals surface area contributed by atoms with E-state index in [1.54, 1.807) is 0 Å². The lowest BCUT2D eigenvalue weighted by Gasteiger charge is -2.37. The third kappa shape index (κ3) is 4.27. The van der Waals surface area contributed by atoms with Gasteiger partial charge in [-0.15, -0.1) is 0 Å². The first kappa shape index (κ1) is 17.7. The highest BCUT2D eigenvalue weighted by Crippen LogP contribution is 2.37. The van der Waals surface area contributed by atoms with E-state index in [1.165, 1.54) is 51.2 Å². The second kappa shape index (κ2) is 7.81. The van der Waals surface area contributed by atoms with Crippen molar-refractivity contribution < 1.29 is 18.3 Å². The van der Waals surface area contributed by atoms with Crippen molar-refractivity contribution in [2.24, 2.45) is 17.8 Å². The zero-order chi connectivity index (χ0) is 17.1. The number of ether oxygens (including phenoxy) is 2. The van der Waals surface area contributed by atoms with Crippen molar-refractivity contribution in [2.45, 2.75) is 58.5 Å². The van der Waals surface area contributed by atoms with Crippen LogP contribution in [0.25, 0.3) is 0 Å². The lowest BCUT2D eigenvalue weighted by atomic mass is 9.74. The zero-order valence-electron chi connectivity index (χ0n) is 14.7. The highest BCUT2D eigenvalue weighted by atomic mass is 19.1. The summed E-state index contributed by atoms with van der Waals surface area (Å²) in [7, 11) is 0. The van der Waals surface area contributed by atoms with E-state index in [0.717, 1.165) is 24.9 Å². The van der Waals surface area contributed by atoms with E-state index < -0.39 is 11.6 Å². The lowest BCUT2D eigenvalue weighted by Crippen LogP contribution is -2.34. The van der Waals surface area contributed by atoms with Crippen LogP contribution in [0.15, 0.2) is 12.1 Å². The van der Waals surface area contributed by atoms with Gasteiger partial charge in [-0.25, -0.2) is 8.78 Å². The van der Waals surface area contributed by atoms with E-state index in [0.29, 0.717) is 12.5 Å². The molecule has 24 heavy (non-hydrogen) atoms. The Morgan fingerprint density at radius 1 is 1.00 bits per heavy atom. The molecule has 0 amide bonds. The smallest absolute Gasteiger partial charge is 0.132 e. The summed E-state index contributed by atoms with van der Waals surface area (Å²) >= 11 is 0. The Morgan fingerprint density at radius 3 is 2.21 bits per heavy atom. The largest absolute Gasteiger partial charge is 0.491 e. The molecule has 1 saturated heterocycles. The molecule has 2 nitrogen and oxygen atoms in total. The standard InChI is InChI=1S/C20H28F2O2/c1-13-3-5-15(6-4-13)16-7-8-17(23-11-16)12-24-18-9-19(21)14(2)20(22)10-18/h9-10,13,15-17H,3-8,11-12H2,1-2H3. The van der Waals surface area contributed by atoms with E-state index >= 15 is 0 Å². The monoisotopic (exact) mass is 338 g/mol. The lowest BCUT2D eigenvalue weighted by molar-refractivity contribution is -0.0557. The maximum Gasteiger partial charge on any atom is 0.132 e. The van der Waals surface area contributed by atoms with Gasteiger partial charge in [0.15, 0.2) is 0 Å². The normalized spacial score (nSPS) is 31.0. The van der Waals surface area contributed by atoms with Crippen LogP contribution in [0.2, 0.25) is 0 Å². The summed E-state index contributed by atoms with van der Waals surface area (Å²) in [5.74, 6) is 1.46. The number of hydrogen-bond donors (Lipinski definition) is 0. The summed E-state index contributed by atoms with van der Waals surface area (Å²) in [6, 6.07) is 2.49. The first-order valence-electron chi connectivity index (χ1n) is 9.23. The molecular weight excluding hydrogens is 310 g/mol. The van der Waals surface area contributed by atoms with Crippen LogP contribution in [-0.4, -0.2) is 19.3 Å². The predicted octanol–water partition coefficient (Wildman–Crippen LogP) is 5.27. The molecular formula is C20H28F2O2. The van der Waals surface area contributed by atoms with Crippen molar-refractivity contribution in [3.8, 4) is 5.75 Å². The van der Waals surface area contributed by atoms with Gasteiger partial charge in [0.25, 0.3) is 0 Å².